The molecule has 6 heteroatoms. The predicted octanol–water partition coefficient (Wildman–Crippen LogP) is 5.34. The summed E-state index contributed by atoms with van der Waals surface area (Å²) in [5.74, 6) is -1.46. The molecule has 1 saturated heterocycles. The zero-order valence-corrected chi connectivity index (χ0v) is 18.3. The Bertz CT molecular complexity index is 1170. The van der Waals surface area contributed by atoms with E-state index in [1.54, 1.807) is 11.3 Å². The Morgan fingerprint density at radius 2 is 1.80 bits per heavy atom. The van der Waals surface area contributed by atoms with Gasteiger partial charge in [-0.3, -0.25) is 0 Å². The van der Waals surface area contributed by atoms with Crippen molar-refractivity contribution in [3.63, 3.8) is 0 Å². The minimum absolute atomic E-state index is 0.0418. The van der Waals surface area contributed by atoms with Crippen molar-refractivity contribution in [2.24, 2.45) is 0 Å². The molecule has 1 aromatic heterocycles. The Kier molecular flexibility index (Phi) is 6.04. The molecule has 0 aliphatic carbocycles. The van der Waals surface area contributed by atoms with Crippen LogP contribution in [0.4, 0.5) is 0 Å². The van der Waals surface area contributed by atoms with Crippen LogP contribution in [-0.4, -0.2) is 19.0 Å². The summed E-state index contributed by atoms with van der Waals surface area (Å²) in [6.45, 7) is 7.49. The van der Waals surface area contributed by atoms with Gasteiger partial charge in [0, 0.05) is 15.3 Å². The van der Waals surface area contributed by atoms with Gasteiger partial charge in [0.25, 0.3) is 0 Å². The van der Waals surface area contributed by atoms with E-state index in [4.69, 9.17) is 4.74 Å². The van der Waals surface area contributed by atoms with Crippen LogP contribution in [0.15, 0.2) is 64.4 Å². The van der Waals surface area contributed by atoms with Crippen molar-refractivity contribution in [3.05, 3.63) is 74.9 Å². The summed E-state index contributed by atoms with van der Waals surface area (Å²) in [5, 5.41) is 9.45. The third-order valence-corrected chi connectivity index (χ3v) is 5.96. The number of rotatable bonds is 3. The number of aryl methyl sites for hydroxylation is 1. The van der Waals surface area contributed by atoms with Gasteiger partial charge in [0.05, 0.1) is 12.7 Å². The number of allylic oxidation sites excluding steroid dienone is 3. The van der Waals surface area contributed by atoms with Crippen molar-refractivity contribution in [1.29, 1.82) is 5.26 Å². The second-order valence-electron chi connectivity index (χ2n) is 7.02. The molecule has 0 bridgehead atoms. The summed E-state index contributed by atoms with van der Waals surface area (Å²) < 4.78 is 10.1. The fourth-order valence-corrected chi connectivity index (χ4v) is 4.51. The first kappa shape index (κ1) is 21.3. The third kappa shape index (κ3) is 3.72. The number of hydrogen-bond donors (Lipinski definition) is 0. The molecule has 0 N–H and O–H groups in total. The van der Waals surface area contributed by atoms with E-state index in [9.17, 15) is 14.9 Å². The molecule has 1 aliphatic heterocycles. The van der Waals surface area contributed by atoms with E-state index < -0.39 is 11.9 Å². The standard InChI is InChI=1S/C24H21NO4S/c1-13(2)20-21(24(27)29-22(20)18(12-25)23(26)28-5)14(3)17-11-19(30-15(17)4)16-9-7-6-8-10-16/h6-11H,1-5H3/b21-14-,22-18-. The number of carbonyl (C=O) groups excluding carboxylic acids is 2. The summed E-state index contributed by atoms with van der Waals surface area (Å²) in [4.78, 5) is 27.0. The number of ether oxygens (including phenoxy) is 2. The second kappa shape index (κ2) is 8.52. The molecule has 2 heterocycles. The molecule has 0 saturated carbocycles. The summed E-state index contributed by atoms with van der Waals surface area (Å²) >= 11 is 1.64. The maximum absolute atomic E-state index is 12.8. The summed E-state index contributed by atoms with van der Waals surface area (Å²) in [5.41, 5.74) is 4.04. The summed E-state index contributed by atoms with van der Waals surface area (Å²) in [6, 6.07) is 13.9. The maximum atomic E-state index is 12.8. The Morgan fingerprint density at radius 1 is 1.13 bits per heavy atom. The number of cyclic esters (lactones) is 1. The van der Waals surface area contributed by atoms with Crippen molar-refractivity contribution in [3.8, 4) is 16.5 Å². The number of nitrogens with zero attached hydrogens (tertiary/aromatic N) is 1. The quantitative estimate of drug-likeness (QED) is 0.381. The van der Waals surface area contributed by atoms with E-state index in [-0.39, 0.29) is 11.3 Å². The van der Waals surface area contributed by atoms with Crippen LogP contribution in [0.5, 0.6) is 0 Å². The first-order valence-electron chi connectivity index (χ1n) is 9.30. The molecule has 5 nitrogen and oxygen atoms in total. The molecule has 0 atom stereocenters. The molecule has 1 aliphatic rings. The Labute approximate surface area is 179 Å². The van der Waals surface area contributed by atoms with Gasteiger partial charge in [-0.2, -0.15) is 5.26 Å². The van der Waals surface area contributed by atoms with E-state index in [0.29, 0.717) is 11.1 Å². The smallest absolute Gasteiger partial charge is 0.352 e. The van der Waals surface area contributed by atoms with E-state index in [2.05, 4.69) is 10.8 Å². The van der Waals surface area contributed by atoms with Gasteiger partial charge in [-0.25, -0.2) is 9.59 Å². The van der Waals surface area contributed by atoms with Crippen LogP contribution in [-0.2, 0) is 19.1 Å². The molecular weight excluding hydrogens is 398 g/mol. The van der Waals surface area contributed by atoms with Crippen LogP contribution in [0.1, 0.15) is 31.2 Å². The first-order valence-corrected chi connectivity index (χ1v) is 10.1. The number of methoxy groups -OCH3 is 1. The van der Waals surface area contributed by atoms with Crippen molar-refractivity contribution in [1.82, 2.24) is 0 Å². The van der Waals surface area contributed by atoms with Crippen molar-refractivity contribution >= 4 is 28.8 Å². The van der Waals surface area contributed by atoms with Crippen LogP contribution in [0.2, 0.25) is 0 Å². The van der Waals surface area contributed by atoms with Crippen LogP contribution < -0.4 is 0 Å². The van der Waals surface area contributed by atoms with Crippen molar-refractivity contribution < 1.29 is 19.1 Å². The van der Waals surface area contributed by atoms with Gasteiger partial charge in [0.2, 0.25) is 0 Å². The number of carbonyl (C=O) groups is 2. The zero-order valence-electron chi connectivity index (χ0n) is 17.5. The van der Waals surface area contributed by atoms with Gasteiger partial charge >= 0.3 is 11.9 Å². The minimum Gasteiger partial charge on any atom is -0.465 e. The van der Waals surface area contributed by atoms with E-state index in [1.165, 1.54) is 7.11 Å². The average Bonchev–Trinajstić information content (AvgIpc) is 3.29. The number of esters is 2. The minimum atomic E-state index is -0.837. The normalized spacial score (nSPS) is 16.7. The molecule has 30 heavy (non-hydrogen) atoms. The van der Waals surface area contributed by atoms with Crippen LogP contribution in [0, 0.1) is 18.3 Å². The van der Waals surface area contributed by atoms with Gasteiger partial charge in [-0.1, -0.05) is 35.9 Å². The second-order valence-corrected chi connectivity index (χ2v) is 8.27. The lowest BCUT2D eigenvalue weighted by Gasteiger charge is -2.07. The highest BCUT2D eigenvalue weighted by Gasteiger charge is 2.37. The molecular formula is C24H21NO4S. The topological polar surface area (TPSA) is 76.4 Å². The van der Waals surface area contributed by atoms with Crippen LogP contribution >= 0.6 is 11.3 Å². The van der Waals surface area contributed by atoms with Gasteiger partial charge in [0.15, 0.2) is 11.3 Å². The fourth-order valence-electron chi connectivity index (χ4n) is 3.43. The largest absolute Gasteiger partial charge is 0.465 e. The Balaban J connectivity index is 2.21. The predicted molar refractivity (Wildman–Crippen MR) is 116 cm³/mol. The van der Waals surface area contributed by atoms with Crippen molar-refractivity contribution in [2.75, 3.05) is 7.11 Å². The Morgan fingerprint density at radius 3 is 2.37 bits per heavy atom. The molecule has 0 amide bonds. The highest BCUT2D eigenvalue weighted by molar-refractivity contribution is 7.15. The van der Waals surface area contributed by atoms with E-state index in [0.717, 1.165) is 32.0 Å². The molecule has 1 fully saturated rings. The van der Waals surface area contributed by atoms with E-state index in [1.807, 2.05) is 64.1 Å². The van der Waals surface area contributed by atoms with Gasteiger partial charge in [-0.05, 0) is 50.5 Å². The van der Waals surface area contributed by atoms with Gasteiger partial charge < -0.3 is 9.47 Å². The highest BCUT2D eigenvalue weighted by Crippen LogP contribution is 2.42. The molecule has 0 spiro atoms. The number of nitriles is 1. The molecule has 2 aromatic rings. The molecule has 0 radical (unpaired) electrons. The highest BCUT2D eigenvalue weighted by atomic mass is 32.1. The number of thiophene rings is 1. The van der Waals surface area contributed by atoms with Crippen molar-refractivity contribution in [2.45, 2.75) is 27.7 Å². The van der Waals surface area contributed by atoms with Gasteiger partial charge in [-0.15, -0.1) is 11.3 Å². The Hall–Kier alpha value is -3.43. The third-order valence-electron chi connectivity index (χ3n) is 4.86. The molecule has 1 aromatic carbocycles. The monoisotopic (exact) mass is 419 g/mol. The molecule has 0 unspecified atom stereocenters. The molecule has 3 rings (SSSR count). The lowest BCUT2D eigenvalue weighted by atomic mass is 9.92. The molecule has 152 valence electrons. The van der Waals surface area contributed by atoms with Gasteiger partial charge in [0.1, 0.15) is 6.07 Å². The average molecular weight is 420 g/mol. The summed E-state index contributed by atoms with van der Waals surface area (Å²) in [7, 11) is 1.18. The first-order chi connectivity index (χ1) is 14.3. The SMILES string of the molecule is COC(=O)/C(C#N)=C1\OC(=O)/C(=C(/C)c2cc(-c3ccccc3)sc2C)C1=C(C)C. The fraction of sp³-hybridized carbons (Fsp3) is 0.208. The van der Waals surface area contributed by atoms with E-state index >= 15 is 0 Å². The zero-order chi connectivity index (χ0) is 22.0. The summed E-state index contributed by atoms with van der Waals surface area (Å²) in [6.07, 6.45) is 0. The van der Waals surface area contributed by atoms with Crippen LogP contribution in [0.25, 0.3) is 16.0 Å². The lowest BCUT2D eigenvalue weighted by molar-refractivity contribution is -0.136. The lowest BCUT2D eigenvalue weighted by Crippen LogP contribution is -2.07. The number of hydrogen-bond acceptors (Lipinski definition) is 6. The van der Waals surface area contributed by atoms with Crippen LogP contribution in [0.3, 0.4) is 0 Å². The number of benzene rings is 1. The maximum Gasteiger partial charge on any atom is 0.352 e.